The minimum absolute atomic E-state index is 0.0328. The van der Waals surface area contributed by atoms with Crippen molar-refractivity contribution in [2.45, 2.75) is 43.5 Å². The Labute approximate surface area is 112 Å². The number of carbonyl (C=O) groups is 1. The molecule has 1 amide bonds. The second kappa shape index (κ2) is 6.10. The summed E-state index contributed by atoms with van der Waals surface area (Å²) in [5, 5.41) is 12.9. The lowest BCUT2D eigenvalue weighted by Crippen LogP contribution is -2.38. The fourth-order valence-electron chi connectivity index (χ4n) is 2.31. The summed E-state index contributed by atoms with van der Waals surface area (Å²) in [5.41, 5.74) is 0.668. The van der Waals surface area contributed by atoms with Crippen LogP contribution in [0.2, 0.25) is 0 Å². The van der Waals surface area contributed by atoms with E-state index in [1.807, 2.05) is 6.07 Å². The van der Waals surface area contributed by atoms with Crippen LogP contribution >= 0.6 is 11.6 Å². The fourth-order valence-corrected chi connectivity index (χ4v) is 2.56. The number of rotatable bonds is 3. The number of benzene rings is 1. The van der Waals surface area contributed by atoms with Crippen LogP contribution in [0, 0.1) is 0 Å². The van der Waals surface area contributed by atoms with Crippen LogP contribution in [-0.4, -0.2) is 22.4 Å². The number of amides is 1. The molecule has 18 heavy (non-hydrogen) atoms. The number of halogens is 1. The number of nitrogens with one attached hydrogen (secondary N) is 1. The number of hydrogen-bond donors (Lipinski definition) is 2. The molecule has 4 heteroatoms. The van der Waals surface area contributed by atoms with Gasteiger partial charge in [-0.05, 0) is 31.7 Å². The van der Waals surface area contributed by atoms with E-state index in [9.17, 15) is 9.90 Å². The van der Waals surface area contributed by atoms with Crippen LogP contribution in [0.25, 0.3) is 0 Å². The average molecular weight is 268 g/mol. The monoisotopic (exact) mass is 267 g/mol. The van der Waals surface area contributed by atoms with Crippen molar-refractivity contribution in [2.24, 2.45) is 0 Å². The van der Waals surface area contributed by atoms with Gasteiger partial charge >= 0.3 is 0 Å². The van der Waals surface area contributed by atoms with Gasteiger partial charge in [0.2, 0.25) is 5.91 Å². The molecule has 0 spiro atoms. The van der Waals surface area contributed by atoms with E-state index < -0.39 is 0 Å². The summed E-state index contributed by atoms with van der Waals surface area (Å²) in [6, 6.07) is 7.17. The summed E-state index contributed by atoms with van der Waals surface area (Å²) in [6.07, 6.45) is 4.04. The van der Waals surface area contributed by atoms with Crippen LogP contribution in [0.3, 0.4) is 0 Å². The maximum atomic E-state index is 11.9. The summed E-state index contributed by atoms with van der Waals surface area (Å²) >= 11 is 6.02. The second-order valence-electron chi connectivity index (χ2n) is 4.82. The quantitative estimate of drug-likeness (QED) is 0.827. The lowest BCUT2D eigenvalue weighted by atomic mass is 9.95. The molecule has 0 heterocycles. The smallest absolute Gasteiger partial charge is 0.224 e. The summed E-state index contributed by atoms with van der Waals surface area (Å²) in [4.78, 5) is 11.9. The fraction of sp³-hybridized carbons (Fsp3) is 0.500. The molecule has 0 saturated heterocycles. The molecular formula is C14H18ClNO2. The number of carbonyl (C=O) groups excluding carboxylic acids is 1. The molecule has 1 aromatic rings. The Morgan fingerprint density at radius 2 is 1.94 bits per heavy atom. The Balaban J connectivity index is 1.84. The van der Waals surface area contributed by atoms with Crippen LogP contribution in [0.4, 0.5) is 0 Å². The first-order valence-corrected chi connectivity index (χ1v) is 6.79. The van der Waals surface area contributed by atoms with E-state index in [0.29, 0.717) is 5.56 Å². The Hall–Kier alpha value is -1.22. The number of alkyl halides is 1. The zero-order valence-corrected chi connectivity index (χ0v) is 11.0. The minimum Gasteiger partial charge on any atom is -0.508 e. The summed E-state index contributed by atoms with van der Waals surface area (Å²) in [7, 11) is 0. The third-order valence-electron chi connectivity index (χ3n) is 3.36. The van der Waals surface area contributed by atoms with Crippen LogP contribution in [0.5, 0.6) is 5.75 Å². The van der Waals surface area contributed by atoms with Crippen molar-refractivity contribution >= 4 is 17.5 Å². The predicted octanol–water partition coefficient (Wildman–Crippen LogP) is 2.60. The lowest BCUT2D eigenvalue weighted by molar-refractivity contribution is -0.121. The Morgan fingerprint density at radius 1 is 1.28 bits per heavy atom. The lowest BCUT2D eigenvalue weighted by Gasteiger charge is -2.25. The van der Waals surface area contributed by atoms with E-state index in [0.717, 1.165) is 25.7 Å². The van der Waals surface area contributed by atoms with Crippen molar-refractivity contribution in [2.75, 3.05) is 0 Å². The maximum Gasteiger partial charge on any atom is 0.224 e. The number of hydrogen-bond acceptors (Lipinski definition) is 2. The Bertz CT molecular complexity index is 414. The molecule has 0 aliphatic heterocycles. The zero-order chi connectivity index (χ0) is 13.0. The molecule has 3 nitrogen and oxygen atoms in total. The van der Waals surface area contributed by atoms with Gasteiger partial charge in [0.05, 0.1) is 6.42 Å². The SMILES string of the molecule is O=C(Cc1ccccc1O)NC1CCC(Cl)CC1. The molecule has 2 N–H and O–H groups in total. The van der Waals surface area contributed by atoms with E-state index in [1.165, 1.54) is 0 Å². The van der Waals surface area contributed by atoms with Crippen molar-refractivity contribution < 1.29 is 9.90 Å². The maximum absolute atomic E-state index is 11.9. The van der Waals surface area contributed by atoms with Gasteiger partial charge in [0.15, 0.2) is 0 Å². The van der Waals surface area contributed by atoms with E-state index in [-0.39, 0.29) is 29.5 Å². The molecule has 0 aromatic heterocycles. The molecule has 1 fully saturated rings. The third kappa shape index (κ3) is 3.64. The van der Waals surface area contributed by atoms with Crippen molar-refractivity contribution in [3.05, 3.63) is 29.8 Å². The van der Waals surface area contributed by atoms with Gasteiger partial charge in [-0.15, -0.1) is 11.6 Å². The molecule has 1 aliphatic carbocycles. The van der Waals surface area contributed by atoms with Gasteiger partial charge < -0.3 is 10.4 Å². The van der Waals surface area contributed by atoms with Gasteiger partial charge in [0.1, 0.15) is 5.75 Å². The first kappa shape index (κ1) is 13.2. The summed E-state index contributed by atoms with van der Waals surface area (Å²) in [6.45, 7) is 0. The van der Waals surface area contributed by atoms with Gasteiger partial charge in [0.25, 0.3) is 0 Å². The molecule has 1 aliphatic rings. The highest BCUT2D eigenvalue weighted by Gasteiger charge is 2.21. The standard InChI is InChI=1S/C14H18ClNO2/c15-11-5-7-12(8-6-11)16-14(18)9-10-3-1-2-4-13(10)17/h1-4,11-12,17H,5-9H2,(H,16,18). The largest absolute Gasteiger partial charge is 0.508 e. The topological polar surface area (TPSA) is 49.3 Å². The van der Waals surface area contributed by atoms with Gasteiger partial charge in [-0.2, -0.15) is 0 Å². The predicted molar refractivity (Wildman–Crippen MR) is 71.9 cm³/mol. The van der Waals surface area contributed by atoms with E-state index in [2.05, 4.69) is 5.32 Å². The number of phenols is 1. The molecule has 1 saturated carbocycles. The van der Waals surface area contributed by atoms with E-state index in [4.69, 9.17) is 11.6 Å². The van der Waals surface area contributed by atoms with Crippen LogP contribution < -0.4 is 5.32 Å². The first-order valence-electron chi connectivity index (χ1n) is 6.35. The average Bonchev–Trinajstić information content (AvgIpc) is 2.35. The van der Waals surface area contributed by atoms with Crippen molar-refractivity contribution in [1.82, 2.24) is 5.32 Å². The van der Waals surface area contributed by atoms with Gasteiger partial charge in [-0.1, -0.05) is 18.2 Å². The van der Waals surface area contributed by atoms with Crippen molar-refractivity contribution in [3.8, 4) is 5.75 Å². The highest BCUT2D eigenvalue weighted by atomic mass is 35.5. The highest BCUT2D eigenvalue weighted by molar-refractivity contribution is 6.20. The van der Waals surface area contributed by atoms with Gasteiger partial charge in [-0.25, -0.2) is 0 Å². The van der Waals surface area contributed by atoms with Crippen LogP contribution in [0.15, 0.2) is 24.3 Å². The van der Waals surface area contributed by atoms with Gasteiger partial charge in [0, 0.05) is 17.0 Å². The molecule has 0 unspecified atom stereocenters. The molecule has 0 radical (unpaired) electrons. The zero-order valence-electron chi connectivity index (χ0n) is 10.2. The summed E-state index contributed by atoms with van der Waals surface area (Å²) < 4.78 is 0. The van der Waals surface area contributed by atoms with Crippen molar-refractivity contribution in [3.63, 3.8) is 0 Å². The van der Waals surface area contributed by atoms with E-state index >= 15 is 0 Å². The van der Waals surface area contributed by atoms with E-state index in [1.54, 1.807) is 18.2 Å². The molecule has 0 atom stereocenters. The minimum atomic E-state index is -0.0328. The van der Waals surface area contributed by atoms with Crippen LogP contribution in [-0.2, 0) is 11.2 Å². The molecule has 1 aromatic carbocycles. The number of phenolic OH excluding ortho intramolecular Hbond substituents is 1. The molecule has 2 rings (SSSR count). The molecule has 0 bridgehead atoms. The normalized spacial score (nSPS) is 23.6. The summed E-state index contributed by atoms with van der Waals surface area (Å²) in [5.74, 6) is 0.145. The van der Waals surface area contributed by atoms with Crippen LogP contribution in [0.1, 0.15) is 31.2 Å². The number of para-hydroxylation sites is 1. The number of aromatic hydroxyl groups is 1. The Kier molecular flexibility index (Phi) is 4.48. The highest BCUT2D eigenvalue weighted by Crippen LogP contribution is 2.23. The Morgan fingerprint density at radius 3 is 2.61 bits per heavy atom. The van der Waals surface area contributed by atoms with Crippen molar-refractivity contribution in [1.29, 1.82) is 0 Å². The first-order chi connectivity index (χ1) is 8.65. The van der Waals surface area contributed by atoms with Gasteiger partial charge in [-0.3, -0.25) is 4.79 Å². The second-order valence-corrected chi connectivity index (χ2v) is 5.44. The molecular weight excluding hydrogens is 250 g/mol. The third-order valence-corrected chi connectivity index (χ3v) is 3.80. The molecule has 98 valence electrons.